The Balaban J connectivity index is 1.43. The van der Waals surface area contributed by atoms with Crippen molar-refractivity contribution in [3.63, 3.8) is 0 Å². The van der Waals surface area contributed by atoms with Crippen LogP contribution in [0.4, 0.5) is 10.5 Å². The lowest BCUT2D eigenvalue weighted by molar-refractivity contribution is -0.121. The number of nitrogens with one attached hydrogen (secondary N) is 1. The van der Waals surface area contributed by atoms with Crippen LogP contribution in [0.1, 0.15) is 30.4 Å². The number of nitrogens with zero attached hydrogens (tertiary/aromatic N) is 6. The molecule has 1 aromatic carbocycles. The molecule has 1 atom stereocenters. The normalized spacial score (nSPS) is 15.0. The molecule has 37 heavy (non-hydrogen) atoms. The minimum absolute atomic E-state index is 0.0312. The quantitative estimate of drug-likeness (QED) is 0.398. The summed E-state index contributed by atoms with van der Waals surface area (Å²) in [6.07, 6.45) is 7.92. The summed E-state index contributed by atoms with van der Waals surface area (Å²) in [5, 5.41) is 7.31. The van der Waals surface area contributed by atoms with Gasteiger partial charge in [-0.3, -0.25) is 19.4 Å². The van der Waals surface area contributed by atoms with Crippen molar-refractivity contribution in [1.82, 2.24) is 29.6 Å². The van der Waals surface area contributed by atoms with Gasteiger partial charge in [-0.2, -0.15) is 5.10 Å². The van der Waals surface area contributed by atoms with Gasteiger partial charge in [-0.1, -0.05) is 6.07 Å². The Morgan fingerprint density at radius 3 is 2.78 bits per heavy atom. The molecule has 0 bridgehead atoms. The molecule has 10 nitrogen and oxygen atoms in total. The number of hydrogen-bond acceptors (Lipinski definition) is 6. The molecule has 1 aliphatic rings. The summed E-state index contributed by atoms with van der Waals surface area (Å²) in [5.74, 6) is 0.722. The number of methoxy groups -OCH3 is 1. The third-order valence-corrected chi connectivity index (χ3v) is 6.82. The van der Waals surface area contributed by atoms with Crippen LogP contribution < -0.4 is 10.2 Å². The SMILES string of the molecule is COC(=O)N1c2ccc3c(nc(CCn4cccn4)n3CC(=O)NCCc3ccccn3)c2CC[C@@H]1C. The van der Waals surface area contributed by atoms with Gasteiger partial charge in [0.2, 0.25) is 5.91 Å². The summed E-state index contributed by atoms with van der Waals surface area (Å²) in [4.78, 5) is 36.5. The lowest BCUT2D eigenvalue weighted by atomic mass is 9.96. The van der Waals surface area contributed by atoms with E-state index in [1.807, 2.05) is 58.8 Å². The fraction of sp³-hybridized carbons (Fsp3) is 0.370. The Bertz CT molecular complexity index is 1380. The van der Waals surface area contributed by atoms with Crippen LogP contribution in [-0.2, 0) is 41.9 Å². The van der Waals surface area contributed by atoms with Crippen LogP contribution in [0.25, 0.3) is 11.0 Å². The summed E-state index contributed by atoms with van der Waals surface area (Å²) in [5.41, 5.74) is 4.48. The van der Waals surface area contributed by atoms with Crippen molar-refractivity contribution in [2.75, 3.05) is 18.6 Å². The third kappa shape index (κ3) is 5.18. The highest BCUT2D eigenvalue weighted by molar-refractivity contribution is 5.95. The van der Waals surface area contributed by atoms with E-state index < -0.39 is 0 Å². The zero-order chi connectivity index (χ0) is 25.8. The molecule has 0 fully saturated rings. The number of rotatable bonds is 8. The van der Waals surface area contributed by atoms with Gasteiger partial charge in [-0.25, -0.2) is 9.78 Å². The van der Waals surface area contributed by atoms with E-state index in [0.29, 0.717) is 25.9 Å². The van der Waals surface area contributed by atoms with Crippen molar-refractivity contribution in [2.24, 2.45) is 0 Å². The van der Waals surface area contributed by atoms with Crippen molar-refractivity contribution in [3.05, 3.63) is 72.1 Å². The summed E-state index contributed by atoms with van der Waals surface area (Å²) in [6.45, 7) is 3.33. The van der Waals surface area contributed by atoms with Crippen molar-refractivity contribution < 1.29 is 14.3 Å². The minimum atomic E-state index is -0.376. The van der Waals surface area contributed by atoms with E-state index in [-0.39, 0.29) is 24.6 Å². The number of amides is 2. The molecular formula is C27H31N7O3. The molecule has 10 heteroatoms. The van der Waals surface area contributed by atoms with Gasteiger partial charge in [0.1, 0.15) is 12.4 Å². The highest BCUT2D eigenvalue weighted by atomic mass is 16.5. The number of aromatic nitrogens is 5. The van der Waals surface area contributed by atoms with Crippen LogP contribution in [0.2, 0.25) is 0 Å². The van der Waals surface area contributed by atoms with Crippen LogP contribution in [0, 0.1) is 0 Å². The fourth-order valence-electron chi connectivity index (χ4n) is 4.94. The second-order valence-electron chi connectivity index (χ2n) is 9.21. The maximum absolute atomic E-state index is 13.0. The maximum atomic E-state index is 13.0. The molecule has 5 rings (SSSR count). The highest BCUT2D eigenvalue weighted by Crippen LogP contribution is 2.36. The van der Waals surface area contributed by atoms with E-state index in [2.05, 4.69) is 15.4 Å². The first-order valence-electron chi connectivity index (χ1n) is 12.6. The molecule has 0 spiro atoms. The molecule has 0 radical (unpaired) electrons. The van der Waals surface area contributed by atoms with E-state index in [1.54, 1.807) is 17.3 Å². The topological polar surface area (TPSA) is 107 Å². The Labute approximate surface area is 215 Å². The predicted octanol–water partition coefficient (Wildman–Crippen LogP) is 3.14. The largest absolute Gasteiger partial charge is 0.452 e. The monoisotopic (exact) mass is 501 g/mol. The number of imidazole rings is 1. The van der Waals surface area contributed by atoms with Crippen LogP contribution in [0.15, 0.2) is 55.0 Å². The van der Waals surface area contributed by atoms with Gasteiger partial charge in [-0.15, -0.1) is 0 Å². The fourth-order valence-corrected chi connectivity index (χ4v) is 4.94. The molecule has 192 valence electrons. The van der Waals surface area contributed by atoms with E-state index in [1.165, 1.54) is 7.11 Å². The average Bonchev–Trinajstić information content (AvgIpc) is 3.55. The lowest BCUT2D eigenvalue weighted by Crippen LogP contribution is -2.42. The van der Waals surface area contributed by atoms with Crippen molar-refractivity contribution >= 4 is 28.7 Å². The number of benzene rings is 1. The summed E-state index contributed by atoms with van der Waals surface area (Å²) in [7, 11) is 1.40. The highest BCUT2D eigenvalue weighted by Gasteiger charge is 2.31. The van der Waals surface area contributed by atoms with Crippen LogP contribution in [0.3, 0.4) is 0 Å². The first-order chi connectivity index (χ1) is 18.0. The van der Waals surface area contributed by atoms with E-state index >= 15 is 0 Å². The lowest BCUT2D eigenvalue weighted by Gasteiger charge is -2.34. The number of anilines is 1. The van der Waals surface area contributed by atoms with Gasteiger partial charge in [-0.05, 0) is 50.1 Å². The smallest absolute Gasteiger partial charge is 0.414 e. The molecule has 1 aliphatic heterocycles. The standard InChI is InChI=1S/C27H31N7O3/c1-19-7-8-21-22(34(19)27(36)37-2)9-10-23-26(21)31-24(12-17-32-16-5-14-30-32)33(23)18-25(35)29-15-11-20-6-3-4-13-28-20/h3-6,9-10,13-14,16,19H,7-8,11-12,15,17-18H2,1-2H3,(H,29,35)/t19-/m0/s1. The first-order valence-corrected chi connectivity index (χ1v) is 12.6. The Morgan fingerprint density at radius 1 is 1.14 bits per heavy atom. The predicted molar refractivity (Wildman–Crippen MR) is 139 cm³/mol. The van der Waals surface area contributed by atoms with Crippen LogP contribution >= 0.6 is 0 Å². The van der Waals surface area contributed by atoms with Gasteiger partial charge >= 0.3 is 6.09 Å². The Morgan fingerprint density at radius 2 is 2.03 bits per heavy atom. The van der Waals surface area contributed by atoms with Crippen LogP contribution in [-0.4, -0.2) is 56.0 Å². The number of carbonyl (C=O) groups excluding carboxylic acids is 2. The first kappa shape index (κ1) is 24.5. The van der Waals surface area contributed by atoms with Crippen LogP contribution in [0.5, 0.6) is 0 Å². The molecular weight excluding hydrogens is 470 g/mol. The van der Waals surface area contributed by atoms with E-state index in [9.17, 15) is 9.59 Å². The molecule has 2 amide bonds. The van der Waals surface area contributed by atoms with E-state index in [0.717, 1.165) is 46.6 Å². The number of fused-ring (bicyclic) bond motifs is 3. The van der Waals surface area contributed by atoms with Gasteiger partial charge in [0.05, 0.1) is 23.8 Å². The second kappa shape index (κ2) is 10.8. The molecule has 3 aromatic heterocycles. The molecule has 4 aromatic rings. The zero-order valence-electron chi connectivity index (χ0n) is 21.1. The molecule has 4 heterocycles. The number of ether oxygens (including phenoxy) is 1. The average molecular weight is 502 g/mol. The molecule has 0 saturated carbocycles. The van der Waals surface area contributed by atoms with Gasteiger partial charge in [0.25, 0.3) is 0 Å². The molecule has 0 aliphatic carbocycles. The van der Waals surface area contributed by atoms with Crippen molar-refractivity contribution in [3.8, 4) is 0 Å². The van der Waals surface area contributed by atoms with Gasteiger partial charge in [0.15, 0.2) is 0 Å². The van der Waals surface area contributed by atoms with E-state index in [4.69, 9.17) is 9.72 Å². The number of aryl methyl sites for hydroxylation is 3. The van der Waals surface area contributed by atoms with Gasteiger partial charge < -0.3 is 14.6 Å². The summed E-state index contributed by atoms with van der Waals surface area (Å²) >= 11 is 0. The Kier molecular flexibility index (Phi) is 7.16. The Hall–Kier alpha value is -4.21. The second-order valence-corrected chi connectivity index (χ2v) is 9.21. The zero-order valence-corrected chi connectivity index (χ0v) is 21.1. The molecule has 0 saturated heterocycles. The molecule has 1 N–H and O–H groups in total. The summed E-state index contributed by atoms with van der Waals surface area (Å²) in [6, 6.07) is 11.6. The van der Waals surface area contributed by atoms with Gasteiger partial charge in [0, 0.05) is 61.8 Å². The maximum Gasteiger partial charge on any atom is 0.414 e. The molecule has 0 unspecified atom stereocenters. The van der Waals surface area contributed by atoms with Crippen molar-refractivity contribution in [2.45, 2.75) is 51.7 Å². The summed E-state index contributed by atoms with van der Waals surface area (Å²) < 4.78 is 8.89. The minimum Gasteiger partial charge on any atom is -0.452 e. The third-order valence-electron chi connectivity index (χ3n) is 6.82. The number of hydrogen-bond donors (Lipinski definition) is 1. The number of pyridine rings is 1. The number of carbonyl (C=O) groups is 2. The van der Waals surface area contributed by atoms with Crippen molar-refractivity contribution in [1.29, 1.82) is 0 Å².